The first kappa shape index (κ1) is 17.2. The molecule has 1 saturated heterocycles. The zero-order valence-electron chi connectivity index (χ0n) is 14.1. The van der Waals surface area contributed by atoms with Crippen molar-refractivity contribution in [3.8, 4) is 0 Å². The number of rotatable bonds is 3. The monoisotopic (exact) mass is 378 g/mol. The van der Waals surface area contributed by atoms with Gasteiger partial charge in [0.1, 0.15) is 10.7 Å². The van der Waals surface area contributed by atoms with E-state index in [2.05, 4.69) is 4.98 Å². The Morgan fingerprint density at radius 2 is 2.08 bits per heavy atom. The van der Waals surface area contributed by atoms with Crippen molar-refractivity contribution in [3.05, 3.63) is 28.4 Å². The average molecular weight is 379 g/mol. The van der Waals surface area contributed by atoms with E-state index < -0.39 is 9.80 Å². The Morgan fingerprint density at radius 1 is 1.35 bits per heavy atom. The van der Waals surface area contributed by atoms with Gasteiger partial charge in [0.15, 0.2) is 0 Å². The molecule has 3 atom stereocenters. The number of fused-ring (bicyclic) bond motifs is 1. The van der Waals surface area contributed by atoms with Gasteiger partial charge in [-0.25, -0.2) is 4.98 Å². The van der Waals surface area contributed by atoms with Gasteiger partial charge in [0.2, 0.25) is 11.7 Å². The first-order valence-corrected chi connectivity index (χ1v) is 9.17. The Labute approximate surface area is 155 Å². The van der Waals surface area contributed by atoms with Crippen LogP contribution in [-0.2, 0) is 9.59 Å². The molecule has 0 N–H and O–H groups in total. The fraction of sp³-hybridized carbons (Fsp3) is 0.588. The predicted octanol–water partition coefficient (Wildman–Crippen LogP) is 1.61. The Bertz CT molecular complexity index is 780. The van der Waals surface area contributed by atoms with Gasteiger partial charge in [-0.3, -0.25) is 19.7 Å². The fourth-order valence-corrected chi connectivity index (χ4v) is 4.91. The van der Waals surface area contributed by atoms with Gasteiger partial charge in [-0.15, -0.1) is 11.6 Å². The number of aromatic nitrogens is 1. The van der Waals surface area contributed by atoms with Crippen molar-refractivity contribution < 1.29 is 14.5 Å². The fourth-order valence-electron chi connectivity index (χ4n) is 4.34. The number of nitro groups is 1. The van der Waals surface area contributed by atoms with Crippen LogP contribution in [0.3, 0.4) is 0 Å². The zero-order chi connectivity index (χ0) is 18.5. The molecule has 3 aliphatic rings. The van der Waals surface area contributed by atoms with Crippen LogP contribution in [0.5, 0.6) is 0 Å². The molecule has 0 radical (unpaired) electrons. The summed E-state index contributed by atoms with van der Waals surface area (Å²) in [5.41, 5.74) is -0.0418. The van der Waals surface area contributed by atoms with Crippen molar-refractivity contribution in [2.75, 3.05) is 31.1 Å². The third-order valence-electron chi connectivity index (χ3n) is 5.73. The lowest BCUT2D eigenvalue weighted by molar-refractivity contribution is -0.384. The topological polar surface area (TPSA) is 96.7 Å². The minimum Gasteiger partial charge on any atom is -0.347 e. The van der Waals surface area contributed by atoms with Crippen LogP contribution in [0.2, 0.25) is 0 Å². The van der Waals surface area contributed by atoms with Gasteiger partial charge in [0.05, 0.1) is 10.8 Å². The number of hydrogen-bond donors (Lipinski definition) is 0. The lowest BCUT2D eigenvalue weighted by Gasteiger charge is -2.36. The maximum atomic E-state index is 12.9. The highest BCUT2D eigenvalue weighted by molar-refractivity contribution is 6.40. The number of ketones is 1. The minimum absolute atomic E-state index is 0.0344. The van der Waals surface area contributed by atoms with E-state index in [0.717, 1.165) is 12.8 Å². The number of carbonyl (C=O) groups excluding carboxylic acids is 2. The van der Waals surface area contributed by atoms with E-state index in [9.17, 15) is 19.7 Å². The largest absolute Gasteiger partial charge is 0.347 e. The van der Waals surface area contributed by atoms with E-state index in [0.29, 0.717) is 38.4 Å². The number of halogens is 1. The lowest BCUT2D eigenvalue weighted by Crippen LogP contribution is -2.52. The van der Waals surface area contributed by atoms with E-state index >= 15 is 0 Å². The van der Waals surface area contributed by atoms with Crippen molar-refractivity contribution in [1.82, 2.24) is 9.88 Å². The van der Waals surface area contributed by atoms with Crippen LogP contribution in [0.25, 0.3) is 0 Å². The van der Waals surface area contributed by atoms with E-state index in [-0.39, 0.29) is 29.2 Å². The van der Waals surface area contributed by atoms with Gasteiger partial charge >= 0.3 is 5.69 Å². The highest BCUT2D eigenvalue weighted by Crippen LogP contribution is 2.62. The summed E-state index contributed by atoms with van der Waals surface area (Å²) in [4.78, 5) is 42.2. The van der Waals surface area contributed by atoms with Crippen LogP contribution in [0.15, 0.2) is 18.3 Å². The highest BCUT2D eigenvalue weighted by atomic mass is 35.5. The van der Waals surface area contributed by atoms with Crippen molar-refractivity contribution in [3.63, 3.8) is 0 Å². The summed E-state index contributed by atoms with van der Waals surface area (Å²) in [6.07, 6.45) is 3.67. The molecule has 2 heterocycles. The van der Waals surface area contributed by atoms with Gasteiger partial charge in [-0.05, 0) is 24.8 Å². The predicted molar refractivity (Wildman–Crippen MR) is 94.1 cm³/mol. The van der Waals surface area contributed by atoms with Crippen LogP contribution in [0.1, 0.15) is 19.3 Å². The van der Waals surface area contributed by atoms with Crippen LogP contribution in [-0.4, -0.2) is 57.6 Å². The second-order valence-corrected chi connectivity index (χ2v) is 7.72. The summed E-state index contributed by atoms with van der Waals surface area (Å²) in [5, 5.41) is 11.2. The second kappa shape index (κ2) is 6.19. The van der Waals surface area contributed by atoms with Crippen LogP contribution < -0.4 is 4.90 Å². The normalized spacial score (nSPS) is 30.7. The van der Waals surface area contributed by atoms with Crippen LogP contribution >= 0.6 is 11.6 Å². The van der Waals surface area contributed by atoms with Gasteiger partial charge < -0.3 is 9.80 Å². The number of amides is 1. The Kier molecular flexibility index (Phi) is 4.10. The van der Waals surface area contributed by atoms with Gasteiger partial charge in [0, 0.05) is 44.9 Å². The summed E-state index contributed by atoms with van der Waals surface area (Å²) < 4.78 is 0. The molecule has 0 unspecified atom stereocenters. The molecule has 1 aromatic rings. The number of hydrogen-bond acceptors (Lipinski definition) is 6. The quantitative estimate of drug-likeness (QED) is 0.450. The molecule has 138 valence electrons. The first-order valence-electron chi connectivity index (χ1n) is 8.80. The van der Waals surface area contributed by atoms with Crippen molar-refractivity contribution in [1.29, 1.82) is 0 Å². The van der Waals surface area contributed by atoms with Crippen LogP contribution in [0, 0.1) is 22.0 Å². The third-order valence-corrected chi connectivity index (χ3v) is 6.40. The van der Waals surface area contributed by atoms with Crippen molar-refractivity contribution >= 4 is 34.8 Å². The number of nitrogens with zero attached hydrogens (tertiary/aromatic N) is 4. The minimum atomic E-state index is -1.06. The number of pyridine rings is 1. The molecule has 0 bridgehead atoms. The third kappa shape index (κ3) is 2.55. The van der Waals surface area contributed by atoms with Crippen molar-refractivity contribution in [2.24, 2.45) is 11.8 Å². The van der Waals surface area contributed by atoms with Gasteiger partial charge in [-0.2, -0.15) is 0 Å². The summed E-state index contributed by atoms with van der Waals surface area (Å²) in [6, 6.07) is 2.96. The number of carbonyl (C=O) groups is 2. The van der Waals surface area contributed by atoms with E-state index in [1.165, 1.54) is 18.3 Å². The van der Waals surface area contributed by atoms with Crippen molar-refractivity contribution in [2.45, 2.75) is 24.1 Å². The standard InChI is InChI=1S/C17H19ClN4O4/c18-17(11-3-1-5-13(23)14(11)17)16(24)21-9-7-20(8-10-21)15-12(22(25)26)4-2-6-19-15/h2,4,6,11,14H,1,3,5,7-10H2/t11-,14-,17-/m1/s1. The molecular formula is C17H19ClN4O4. The number of Topliss-reactive ketones (excluding diaryl/α,β-unsaturated/α-hetero) is 1. The Hall–Kier alpha value is -2.22. The second-order valence-electron chi connectivity index (χ2n) is 7.09. The average Bonchev–Trinajstić information content (AvgIpc) is 3.29. The molecule has 1 aliphatic heterocycles. The molecule has 9 heteroatoms. The smallest absolute Gasteiger partial charge is 0.311 e. The number of alkyl halides is 1. The molecule has 3 fully saturated rings. The lowest BCUT2D eigenvalue weighted by atomic mass is 10.00. The summed E-state index contributed by atoms with van der Waals surface area (Å²) in [7, 11) is 0. The maximum Gasteiger partial charge on any atom is 0.311 e. The van der Waals surface area contributed by atoms with E-state index in [1.807, 2.05) is 4.90 Å². The highest BCUT2D eigenvalue weighted by Gasteiger charge is 2.72. The molecular weight excluding hydrogens is 360 g/mol. The van der Waals surface area contributed by atoms with E-state index in [1.54, 1.807) is 4.90 Å². The summed E-state index contributed by atoms with van der Waals surface area (Å²) in [6.45, 7) is 1.71. The molecule has 8 nitrogen and oxygen atoms in total. The Morgan fingerprint density at radius 3 is 2.73 bits per heavy atom. The molecule has 4 rings (SSSR count). The molecule has 0 aromatic carbocycles. The van der Waals surface area contributed by atoms with Gasteiger partial charge in [0.25, 0.3) is 0 Å². The van der Waals surface area contributed by atoms with E-state index in [4.69, 9.17) is 11.6 Å². The maximum absolute atomic E-state index is 12.9. The summed E-state index contributed by atoms with van der Waals surface area (Å²) >= 11 is 6.59. The molecule has 0 spiro atoms. The first-order chi connectivity index (χ1) is 12.4. The molecule has 2 saturated carbocycles. The number of anilines is 1. The molecule has 26 heavy (non-hydrogen) atoms. The molecule has 1 amide bonds. The molecule has 1 aromatic heterocycles. The van der Waals surface area contributed by atoms with Gasteiger partial charge in [-0.1, -0.05) is 0 Å². The number of piperazine rings is 1. The Balaban J connectivity index is 1.44. The summed E-state index contributed by atoms with van der Waals surface area (Å²) in [5.74, 6) is -0.111. The zero-order valence-corrected chi connectivity index (χ0v) is 14.9. The van der Waals surface area contributed by atoms with Crippen LogP contribution in [0.4, 0.5) is 11.5 Å². The SMILES string of the molecule is O=C1CCC[C@@H]2[C@H]1[C@@]2(Cl)C(=O)N1CCN(c2ncccc2[N+](=O)[O-])CC1. The molecule has 2 aliphatic carbocycles.